The molecule has 0 bridgehead atoms. The summed E-state index contributed by atoms with van der Waals surface area (Å²) < 4.78 is 17.7. The zero-order chi connectivity index (χ0) is 12.3. The number of benzene rings is 1. The lowest BCUT2D eigenvalue weighted by atomic mass is 10.1. The molecule has 0 unspecified atom stereocenters. The first kappa shape index (κ1) is 12.3. The number of hydrogen-bond donors (Lipinski definition) is 2. The molecular weight excluding hydrogens is 211 g/mol. The Labute approximate surface area is 93.6 Å². The van der Waals surface area contributed by atoms with Crippen molar-refractivity contribution in [2.75, 3.05) is 5.73 Å². The van der Waals surface area contributed by atoms with Crippen LogP contribution in [-0.4, -0.2) is 11.6 Å². The second-order valence-corrected chi connectivity index (χ2v) is 4.45. The van der Waals surface area contributed by atoms with Crippen molar-refractivity contribution in [3.05, 3.63) is 24.0 Å². The highest BCUT2D eigenvalue weighted by Crippen LogP contribution is 2.21. The lowest BCUT2D eigenvalue weighted by molar-refractivity contribution is 0.191. The molecule has 0 saturated heterocycles. The number of amides is 1. The average molecular weight is 226 g/mol. The van der Waals surface area contributed by atoms with E-state index in [1.54, 1.807) is 0 Å². The summed E-state index contributed by atoms with van der Waals surface area (Å²) >= 11 is 0. The predicted octanol–water partition coefficient (Wildman–Crippen LogP) is 2.29. The highest BCUT2D eigenvalue weighted by molar-refractivity contribution is 5.73. The van der Waals surface area contributed by atoms with Gasteiger partial charge in [-0.15, -0.1) is 0 Å². The molecule has 16 heavy (non-hydrogen) atoms. The van der Waals surface area contributed by atoms with Crippen LogP contribution in [0.15, 0.2) is 18.2 Å². The van der Waals surface area contributed by atoms with Crippen LogP contribution >= 0.6 is 0 Å². The van der Waals surface area contributed by atoms with E-state index in [0.29, 0.717) is 0 Å². The van der Waals surface area contributed by atoms with Crippen LogP contribution in [0.3, 0.4) is 0 Å². The highest BCUT2D eigenvalue weighted by atomic mass is 19.1. The summed E-state index contributed by atoms with van der Waals surface area (Å²) in [6.45, 7) is 5.47. The Kier molecular flexibility index (Phi) is 3.37. The molecule has 0 saturated carbocycles. The Balaban J connectivity index is 2.70. The third-order valence-corrected chi connectivity index (χ3v) is 1.65. The van der Waals surface area contributed by atoms with Gasteiger partial charge in [0.05, 0.1) is 5.69 Å². The number of carbonyl (C=O) groups is 1. The molecule has 0 aliphatic rings. The third kappa shape index (κ3) is 3.76. The molecule has 3 N–H and O–H groups in total. The van der Waals surface area contributed by atoms with Gasteiger partial charge in [-0.05, 0) is 32.9 Å². The van der Waals surface area contributed by atoms with Crippen molar-refractivity contribution in [3.63, 3.8) is 0 Å². The van der Waals surface area contributed by atoms with Crippen LogP contribution in [0.2, 0.25) is 0 Å². The van der Waals surface area contributed by atoms with E-state index in [1.165, 1.54) is 12.1 Å². The van der Waals surface area contributed by atoms with E-state index in [0.717, 1.165) is 6.07 Å². The van der Waals surface area contributed by atoms with Crippen LogP contribution in [0.25, 0.3) is 0 Å². The standard InChI is InChI=1S/C11H15FN2O2/c1-11(2,3)14-10(15)16-9-5-4-7(12)6-8(9)13/h4-6H,13H2,1-3H3,(H,14,15). The number of nitrogen functional groups attached to an aromatic ring is 1. The quantitative estimate of drug-likeness (QED) is 0.722. The van der Waals surface area contributed by atoms with Gasteiger partial charge in [0.2, 0.25) is 0 Å². The normalized spacial score (nSPS) is 11.0. The Morgan fingerprint density at radius 3 is 2.56 bits per heavy atom. The molecule has 0 aliphatic heterocycles. The van der Waals surface area contributed by atoms with Crippen LogP contribution in [0.5, 0.6) is 5.75 Å². The maximum absolute atomic E-state index is 12.7. The first-order chi connectivity index (χ1) is 7.28. The maximum atomic E-state index is 12.7. The molecule has 0 radical (unpaired) electrons. The molecule has 0 fully saturated rings. The monoisotopic (exact) mass is 226 g/mol. The van der Waals surface area contributed by atoms with Crippen molar-refractivity contribution in [1.82, 2.24) is 5.32 Å². The Bertz CT molecular complexity index is 399. The topological polar surface area (TPSA) is 64.3 Å². The summed E-state index contributed by atoms with van der Waals surface area (Å²) in [6, 6.07) is 3.59. The number of rotatable bonds is 1. The minimum Gasteiger partial charge on any atom is -0.408 e. The van der Waals surface area contributed by atoms with Gasteiger partial charge in [0.25, 0.3) is 0 Å². The smallest absolute Gasteiger partial charge is 0.408 e. The Morgan fingerprint density at radius 2 is 2.06 bits per heavy atom. The van der Waals surface area contributed by atoms with Crippen molar-refractivity contribution in [2.24, 2.45) is 0 Å². The zero-order valence-electron chi connectivity index (χ0n) is 9.50. The number of halogens is 1. The molecule has 88 valence electrons. The van der Waals surface area contributed by atoms with Gasteiger partial charge in [-0.2, -0.15) is 0 Å². The number of ether oxygens (including phenoxy) is 1. The van der Waals surface area contributed by atoms with Crippen molar-refractivity contribution in [1.29, 1.82) is 0 Å². The van der Waals surface area contributed by atoms with Crippen LogP contribution in [0, 0.1) is 5.82 Å². The zero-order valence-corrected chi connectivity index (χ0v) is 9.50. The first-order valence-electron chi connectivity index (χ1n) is 4.83. The average Bonchev–Trinajstić information content (AvgIpc) is 2.06. The largest absolute Gasteiger partial charge is 0.413 e. The summed E-state index contributed by atoms with van der Waals surface area (Å²) in [6.07, 6.45) is -0.620. The van der Waals surface area contributed by atoms with E-state index in [9.17, 15) is 9.18 Å². The molecule has 1 aromatic rings. The Morgan fingerprint density at radius 1 is 1.44 bits per heavy atom. The van der Waals surface area contributed by atoms with Gasteiger partial charge in [0.1, 0.15) is 5.82 Å². The molecule has 4 nitrogen and oxygen atoms in total. The lowest BCUT2D eigenvalue weighted by Crippen LogP contribution is -2.42. The number of hydrogen-bond acceptors (Lipinski definition) is 3. The fourth-order valence-corrected chi connectivity index (χ4v) is 1.04. The lowest BCUT2D eigenvalue weighted by Gasteiger charge is -2.20. The SMILES string of the molecule is CC(C)(C)NC(=O)Oc1ccc(F)cc1N. The number of carbonyl (C=O) groups excluding carboxylic acids is 1. The molecule has 1 amide bonds. The van der Waals surface area contributed by atoms with Gasteiger partial charge < -0.3 is 15.8 Å². The fraction of sp³-hybridized carbons (Fsp3) is 0.364. The van der Waals surface area contributed by atoms with Gasteiger partial charge in [-0.3, -0.25) is 0 Å². The molecule has 1 rings (SSSR count). The first-order valence-corrected chi connectivity index (χ1v) is 4.83. The number of nitrogens with two attached hydrogens (primary N) is 1. The summed E-state index contributed by atoms with van der Waals surface area (Å²) in [4.78, 5) is 11.4. The van der Waals surface area contributed by atoms with E-state index in [-0.39, 0.29) is 11.4 Å². The van der Waals surface area contributed by atoms with Crippen LogP contribution in [0.4, 0.5) is 14.9 Å². The van der Waals surface area contributed by atoms with E-state index >= 15 is 0 Å². The van der Waals surface area contributed by atoms with Crippen molar-refractivity contribution < 1.29 is 13.9 Å². The molecule has 0 aromatic heterocycles. The van der Waals surface area contributed by atoms with Gasteiger partial charge in [0, 0.05) is 11.6 Å². The fourth-order valence-electron chi connectivity index (χ4n) is 1.04. The summed E-state index contributed by atoms with van der Waals surface area (Å²) in [5.41, 5.74) is 5.18. The van der Waals surface area contributed by atoms with Crippen molar-refractivity contribution in [3.8, 4) is 5.75 Å². The molecule has 0 atom stereocenters. The van der Waals surface area contributed by atoms with Gasteiger partial charge in [-0.1, -0.05) is 0 Å². The second-order valence-electron chi connectivity index (χ2n) is 4.45. The van der Waals surface area contributed by atoms with Crippen LogP contribution in [0.1, 0.15) is 20.8 Å². The Hall–Kier alpha value is -1.78. The molecule has 0 spiro atoms. The summed E-state index contributed by atoms with van der Waals surface area (Å²) in [5, 5.41) is 2.60. The molecular formula is C11H15FN2O2. The summed E-state index contributed by atoms with van der Waals surface area (Å²) in [5.74, 6) is -0.329. The van der Waals surface area contributed by atoms with E-state index in [1.807, 2.05) is 20.8 Å². The third-order valence-electron chi connectivity index (χ3n) is 1.65. The highest BCUT2D eigenvalue weighted by Gasteiger charge is 2.16. The second kappa shape index (κ2) is 4.38. The van der Waals surface area contributed by atoms with Gasteiger partial charge in [0.15, 0.2) is 5.75 Å². The van der Waals surface area contributed by atoms with Crippen molar-refractivity contribution >= 4 is 11.8 Å². The van der Waals surface area contributed by atoms with Gasteiger partial charge >= 0.3 is 6.09 Å². The molecule has 5 heteroatoms. The van der Waals surface area contributed by atoms with E-state index in [4.69, 9.17) is 10.5 Å². The van der Waals surface area contributed by atoms with Gasteiger partial charge in [-0.25, -0.2) is 9.18 Å². The molecule has 0 heterocycles. The molecule has 0 aliphatic carbocycles. The van der Waals surface area contributed by atoms with E-state index in [2.05, 4.69) is 5.32 Å². The molecule has 1 aromatic carbocycles. The van der Waals surface area contributed by atoms with Crippen LogP contribution < -0.4 is 15.8 Å². The number of anilines is 1. The minimum atomic E-state index is -0.620. The summed E-state index contributed by atoms with van der Waals surface area (Å²) in [7, 11) is 0. The van der Waals surface area contributed by atoms with E-state index < -0.39 is 17.4 Å². The minimum absolute atomic E-state index is 0.0871. The number of nitrogens with one attached hydrogen (secondary N) is 1. The predicted molar refractivity (Wildman–Crippen MR) is 59.7 cm³/mol. The maximum Gasteiger partial charge on any atom is 0.413 e. The van der Waals surface area contributed by atoms with Crippen LogP contribution in [-0.2, 0) is 0 Å². The van der Waals surface area contributed by atoms with Crippen molar-refractivity contribution in [2.45, 2.75) is 26.3 Å².